The van der Waals surface area contributed by atoms with Gasteiger partial charge in [-0.25, -0.2) is 0 Å². The molecule has 1 atom stereocenters. The summed E-state index contributed by atoms with van der Waals surface area (Å²) in [7, 11) is 0. The van der Waals surface area contributed by atoms with E-state index in [4.69, 9.17) is 9.26 Å². The number of rotatable bonds is 5. The molecule has 5 rings (SSSR count). The minimum atomic E-state index is 0.222. The summed E-state index contributed by atoms with van der Waals surface area (Å²) in [5.74, 6) is 1.70. The average Bonchev–Trinajstić information content (AvgIpc) is 3.40. The molecular formula is C22H20N2O2S. The van der Waals surface area contributed by atoms with Crippen LogP contribution in [0.5, 0.6) is 5.75 Å². The highest BCUT2D eigenvalue weighted by molar-refractivity contribution is 7.16. The third-order valence-electron chi connectivity index (χ3n) is 4.99. The van der Waals surface area contributed by atoms with Crippen molar-refractivity contribution in [3.05, 3.63) is 71.6 Å². The van der Waals surface area contributed by atoms with Crippen molar-refractivity contribution in [1.29, 1.82) is 0 Å². The predicted octanol–water partition coefficient (Wildman–Crippen LogP) is 5.21. The summed E-state index contributed by atoms with van der Waals surface area (Å²) >= 11 is 1.59. The number of likely N-dealkylation sites (tertiary alicyclic amines) is 1. The van der Waals surface area contributed by atoms with Gasteiger partial charge in [0.2, 0.25) is 0 Å². The third-order valence-corrected chi connectivity index (χ3v) is 5.78. The van der Waals surface area contributed by atoms with E-state index in [9.17, 15) is 0 Å². The molecule has 0 saturated carbocycles. The van der Waals surface area contributed by atoms with Crippen LogP contribution in [0.25, 0.3) is 21.5 Å². The lowest BCUT2D eigenvalue weighted by Gasteiger charge is -2.17. The Hall–Kier alpha value is -2.63. The molecule has 0 N–H and O–H groups in total. The summed E-state index contributed by atoms with van der Waals surface area (Å²) in [5.41, 5.74) is 2.36. The van der Waals surface area contributed by atoms with Crippen molar-refractivity contribution in [1.82, 2.24) is 10.1 Å². The Balaban J connectivity index is 1.27. The molecule has 1 fully saturated rings. The molecule has 2 aromatic carbocycles. The average molecular weight is 376 g/mol. The van der Waals surface area contributed by atoms with Gasteiger partial charge in [-0.1, -0.05) is 47.6 Å². The van der Waals surface area contributed by atoms with E-state index in [1.165, 1.54) is 5.56 Å². The van der Waals surface area contributed by atoms with E-state index in [1.807, 2.05) is 23.6 Å². The lowest BCUT2D eigenvalue weighted by molar-refractivity contribution is 0.198. The molecule has 1 aliphatic rings. The lowest BCUT2D eigenvalue weighted by Crippen LogP contribution is -2.24. The number of ether oxygens (including phenoxy) is 1. The minimum Gasteiger partial charge on any atom is -0.489 e. The summed E-state index contributed by atoms with van der Waals surface area (Å²) in [6, 6.07) is 20.8. The summed E-state index contributed by atoms with van der Waals surface area (Å²) < 4.78 is 11.8. The molecule has 1 saturated heterocycles. The molecule has 0 spiro atoms. The number of thiophene rings is 1. The predicted molar refractivity (Wildman–Crippen MR) is 108 cm³/mol. The zero-order valence-electron chi connectivity index (χ0n) is 14.9. The quantitative estimate of drug-likeness (QED) is 0.479. The maximum absolute atomic E-state index is 6.27. The molecule has 0 amide bonds. The van der Waals surface area contributed by atoms with Gasteiger partial charge < -0.3 is 9.26 Å². The van der Waals surface area contributed by atoms with Crippen molar-refractivity contribution in [2.45, 2.75) is 19.1 Å². The molecular weight excluding hydrogens is 356 g/mol. The van der Waals surface area contributed by atoms with Crippen LogP contribution in [0.2, 0.25) is 0 Å². The standard InChI is InChI=1S/C22H20N2O2S/c1-2-5-16(6-3-1)14-24-11-9-19(15-24)25-18-8-4-7-17(13-18)21-20-10-12-27-22(20)23-26-21/h1-8,10,12-13,19H,9,11,14-15H2/t19-/m0/s1. The van der Waals surface area contributed by atoms with E-state index < -0.39 is 0 Å². The maximum atomic E-state index is 6.27. The first kappa shape index (κ1) is 16.5. The van der Waals surface area contributed by atoms with Crippen LogP contribution in [0.3, 0.4) is 0 Å². The first-order chi connectivity index (χ1) is 13.3. The van der Waals surface area contributed by atoms with Gasteiger partial charge in [0, 0.05) is 25.2 Å². The molecule has 0 bridgehead atoms. The van der Waals surface area contributed by atoms with Crippen LogP contribution in [0.1, 0.15) is 12.0 Å². The molecule has 0 radical (unpaired) electrons. The second kappa shape index (κ2) is 7.18. The fraction of sp³-hybridized carbons (Fsp3) is 0.227. The van der Waals surface area contributed by atoms with Crippen molar-refractivity contribution in [2.75, 3.05) is 13.1 Å². The van der Waals surface area contributed by atoms with Crippen LogP contribution < -0.4 is 4.74 Å². The number of nitrogens with zero attached hydrogens (tertiary/aromatic N) is 2. The molecule has 4 aromatic rings. The third kappa shape index (κ3) is 3.48. The number of hydrogen-bond donors (Lipinski definition) is 0. The molecule has 27 heavy (non-hydrogen) atoms. The molecule has 3 heterocycles. The van der Waals surface area contributed by atoms with Crippen LogP contribution in [0.15, 0.2) is 70.6 Å². The van der Waals surface area contributed by atoms with Crippen LogP contribution in [-0.2, 0) is 6.54 Å². The lowest BCUT2D eigenvalue weighted by atomic mass is 10.1. The fourth-order valence-electron chi connectivity index (χ4n) is 3.67. The summed E-state index contributed by atoms with van der Waals surface area (Å²) in [6.07, 6.45) is 1.27. The first-order valence-corrected chi connectivity index (χ1v) is 10.1. The molecule has 1 aliphatic heterocycles. The second-order valence-corrected chi connectivity index (χ2v) is 7.82. The zero-order chi connectivity index (χ0) is 18.1. The smallest absolute Gasteiger partial charge is 0.175 e. The van der Waals surface area contributed by atoms with Gasteiger partial charge in [0.1, 0.15) is 11.9 Å². The van der Waals surface area contributed by atoms with Crippen molar-refractivity contribution in [3.8, 4) is 17.1 Å². The highest BCUT2D eigenvalue weighted by atomic mass is 32.1. The molecule has 136 valence electrons. The van der Waals surface area contributed by atoms with E-state index in [1.54, 1.807) is 11.3 Å². The Morgan fingerprint density at radius 1 is 1.11 bits per heavy atom. The van der Waals surface area contributed by atoms with Gasteiger partial charge in [-0.05, 0) is 35.6 Å². The van der Waals surface area contributed by atoms with Crippen LogP contribution >= 0.6 is 11.3 Å². The monoisotopic (exact) mass is 376 g/mol. The van der Waals surface area contributed by atoms with Gasteiger partial charge in [0.25, 0.3) is 0 Å². The molecule has 5 heteroatoms. The van der Waals surface area contributed by atoms with E-state index >= 15 is 0 Å². The van der Waals surface area contributed by atoms with Gasteiger partial charge in [-0.15, -0.1) is 11.3 Å². The Morgan fingerprint density at radius 3 is 2.96 bits per heavy atom. The molecule has 4 nitrogen and oxygen atoms in total. The normalized spacial score (nSPS) is 17.6. The van der Waals surface area contributed by atoms with Crippen molar-refractivity contribution < 1.29 is 9.26 Å². The zero-order valence-corrected chi connectivity index (χ0v) is 15.7. The minimum absolute atomic E-state index is 0.222. The summed E-state index contributed by atoms with van der Waals surface area (Å²) in [6.45, 7) is 3.00. The van der Waals surface area contributed by atoms with Crippen LogP contribution in [0, 0.1) is 0 Å². The maximum Gasteiger partial charge on any atom is 0.175 e. The van der Waals surface area contributed by atoms with E-state index in [0.29, 0.717) is 0 Å². The molecule has 2 aromatic heterocycles. The van der Waals surface area contributed by atoms with Gasteiger partial charge >= 0.3 is 0 Å². The summed E-state index contributed by atoms with van der Waals surface area (Å²) in [4.78, 5) is 3.39. The van der Waals surface area contributed by atoms with Crippen molar-refractivity contribution in [3.63, 3.8) is 0 Å². The number of fused-ring (bicyclic) bond motifs is 1. The highest BCUT2D eigenvalue weighted by Crippen LogP contribution is 2.33. The Morgan fingerprint density at radius 2 is 2.04 bits per heavy atom. The van der Waals surface area contributed by atoms with Gasteiger partial charge in [-0.3, -0.25) is 4.90 Å². The Bertz CT molecular complexity index is 1040. The number of aromatic nitrogens is 1. The van der Waals surface area contributed by atoms with E-state index in [2.05, 4.69) is 52.5 Å². The van der Waals surface area contributed by atoms with Crippen molar-refractivity contribution in [2.24, 2.45) is 0 Å². The first-order valence-electron chi connectivity index (χ1n) is 9.21. The van der Waals surface area contributed by atoms with E-state index in [0.717, 1.165) is 53.3 Å². The van der Waals surface area contributed by atoms with Crippen molar-refractivity contribution >= 4 is 21.6 Å². The summed E-state index contributed by atoms with van der Waals surface area (Å²) in [5, 5.41) is 7.23. The number of benzene rings is 2. The highest BCUT2D eigenvalue weighted by Gasteiger charge is 2.24. The van der Waals surface area contributed by atoms with Crippen LogP contribution in [0.4, 0.5) is 0 Å². The Labute approximate surface area is 162 Å². The fourth-order valence-corrected chi connectivity index (χ4v) is 4.37. The molecule has 0 aliphatic carbocycles. The molecule has 0 unspecified atom stereocenters. The van der Waals surface area contributed by atoms with Crippen LogP contribution in [-0.4, -0.2) is 29.3 Å². The SMILES string of the molecule is c1ccc(CN2CC[C@H](Oc3cccc(-c4onc5sccc45)c3)C2)cc1. The second-order valence-electron chi connectivity index (χ2n) is 6.93. The number of hydrogen-bond acceptors (Lipinski definition) is 5. The topological polar surface area (TPSA) is 38.5 Å². The van der Waals surface area contributed by atoms with Gasteiger partial charge in [0.05, 0.1) is 5.39 Å². The van der Waals surface area contributed by atoms with Gasteiger partial charge in [-0.2, -0.15) is 0 Å². The van der Waals surface area contributed by atoms with Gasteiger partial charge in [0.15, 0.2) is 10.6 Å². The van der Waals surface area contributed by atoms with E-state index in [-0.39, 0.29) is 6.10 Å². The Kier molecular flexibility index (Phi) is 4.40. The largest absolute Gasteiger partial charge is 0.489 e.